The van der Waals surface area contributed by atoms with Crippen molar-refractivity contribution >= 4 is 5.96 Å². The zero-order valence-corrected chi connectivity index (χ0v) is 15.9. The van der Waals surface area contributed by atoms with Crippen LogP contribution in [0.15, 0.2) is 23.5 Å². The van der Waals surface area contributed by atoms with Crippen molar-refractivity contribution < 1.29 is 4.74 Å². The molecular formula is C20H34N4O. The van der Waals surface area contributed by atoms with E-state index in [2.05, 4.69) is 40.5 Å². The molecule has 0 spiro atoms. The van der Waals surface area contributed by atoms with Gasteiger partial charge in [-0.15, -0.1) is 0 Å². The van der Waals surface area contributed by atoms with Crippen molar-refractivity contribution in [1.29, 1.82) is 0 Å². The Labute approximate surface area is 152 Å². The van der Waals surface area contributed by atoms with E-state index in [0.717, 1.165) is 45.0 Å². The first-order valence-electron chi connectivity index (χ1n) is 9.83. The molecule has 140 valence electrons. The van der Waals surface area contributed by atoms with Crippen LogP contribution in [0.25, 0.3) is 0 Å². The van der Waals surface area contributed by atoms with Crippen LogP contribution in [0.5, 0.6) is 0 Å². The van der Waals surface area contributed by atoms with Gasteiger partial charge in [0, 0.05) is 38.6 Å². The third-order valence-corrected chi connectivity index (χ3v) is 4.65. The van der Waals surface area contributed by atoms with Crippen LogP contribution in [0.3, 0.4) is 0 Å². The zero-order chi connectivity index (χ0) is 17.7. The Morgan fingerprint density at radius 1 is 1.28 bits per heavy atom. The maximum atomic E-state index is 5.96. The van der Waals surface area contributed by atoms with Gasteiger partial charge in [-0.25, -0.2) is 0 Å². The van der Waals surface area contributed by atoms with E-state index in [9.17, 15) is 0 Å². The highest BCUT2D eigenvalue weighted by molar-refractivity contribution is 5.79. The summed E-state index contributed by atoms with van der Waals surface area (Å²) < 4.78 is 5.96. The standard InChI is InChI=1S/C20H34N4O/c1-3-22-20(24-14-11-18-10-13-21-16-17(18)2)23-12-7-15-25-19-8-5-4-6-9-19/h10,13,16,19H,3-9,11-12,14-15H2,1-2H3,(H2,22,23,24). The van der Waals surface area contributed by atoms with E-state index in [1.165, 1.54) is 43.2 Å². The highest BCUT2D eigenvalue weighted by atomic mass is 16.5. The molecule has 1 fully saturated rings. The van der Waals surface area contributed by atoms with Gasteiger partial charge < -0.3 is 15.4 Å². The summed E-state index contributed by atoms with van der Waals surface area (Å²) in [5, 5.41) is 6.72. The number of rotatable bonds is 9. The van der Waals surface area contributed by atoms with Crippen LogP contribution in [0, 0.1) is 6.92 Å². The van der Waals surface area contributed by atoms with Crippen molar-refractivity contribution in [3.63, 3.8) is 0 Å². The monoisotopic (exact) mass is 346 g/mol. The summed E-state index contributed by atoms with van der Waals surface area (Å²) in [6, 6.07) is 2.09. The number of guanidine groups is 1. The highest BCUT2D eigenvalue weighted by Crippen LogP contribution is 2.20. The van der Waals surface area contributed by atoms with Gasteiger partial charge >= 0.3 is 0 Å². The van der Waals surface area contributed by atoms with Gasteiger partial charge in [-0.3, -0.25) is 9.98 Å². The average Bonchev–Trinajstić information content (AvgIpc) is 2.64. The number of nitrogens with zero attached hydrogens (tertiary/aromatic N) is 2. The van der Waals surface area contributed by atoms with Crippen LogP contribution < -0.4 is 10.6 Å². The molecule has 0 aromatic carbocycles. The molecule has 0 unspecified atom stereocenters. The lowest BCUT2D eigenvalue weighted by atomic mass is 9.98. The van der Waals surface area contributed by atoms with Crippen molar-refractivity contribution in [3.05, 3.63) is 29.6 Å². The van der Waals surface area contributed by atoms with Crippen molar-refractivity contribution in [2.75, 3.05) is 26.2 Å². The minimum Gasteiger partial charge on any atom is -0.378 e. The van der Waals surface area contributed by atoms with E-state index < -0.39 is 0 Å². The Kier molecular flexibility index (Phi) is 9.34. The number of nitrogens with one attached hydrogen (secondary N) is 2. The van der Waals surface area contributed by atoms with Crippen LogP contribution >= 0.6 is 0 Å². The second kappa shape index (κ2) is 11.9. The molecule has 0 amide bonds. The first-order chi connectivity index (χ1) is 12.3. The van der Waals surface area contributed by atoms with Gasteiger partial charge in [0.25, 0.3) is 0 Å². The van der Waals surface area contributed by atoms with Gasteiger partial charge in [0.2, 0.25) is 0 Å². The van der Waals surface area contributed by atoms with Gasteiger partial charge in [-0.2, -0.15) is 0 Å². The fraction of sp³-hybridized carbons (Fsp3) is 0.700. The lowest BCUT2D eigenvalue weighted by molar-refractivity contribution is 0.0281. The molecule has 1 aromatic heterocycles. The predicted octanol–water partition coefficient (Wildman–Crippen LogP) is 3.23. The average molecular weight is 347 g/mol. The van der Waals surface area contributed by atoms with E-state index in [4.69, 9.17) is 4.74 Å². The number of pyridine rings is 1. The molecule has 1 aliphatic carbocycles. The van der Waals surface area contributed by atoms with E-state index >= 15 is 0 Å². The van der Waals surface area contributed by atoms with Crippen molar-refractivity contribution in [1.82, 2.24) is 15.6 Å². The number of aliphatic imine (C=N–C) groups is 1. The minimum absolute atomic E-state index is 0.493. The summed E-state index contributed by atoms with van der Waals surface area (Å²) in [5.41, 5.74) is 2.57. The summed E-state index contributed by atoms with van der Waals surface area (Å²) in [6.45, 7) is 7.57. The Morgan fingerprint density at radius 2 is 2.12 bits per heavy atom. The normalized spacial score (nSPS) is 16.0. The summed E-state index contributed by atoms with van der Waals surface area (Å²) >= 11 is 0. The van der Waals surface area contributed by atoms with Crippen LogP contribution in [-0.2, 0) is 11.2 Å². The van der Waals surface area contributed by atoms with Crippen LogP contribution in [0.4, 0.5) is 0 Å². The maximum Gasteiger partial charge on any atom is 0.191 e. The van der Waals surface area contributed by atoms with Gasteiger partial charge in [-0.1, -0.05) is 19.3 Å². The van der Waals surface area contributed by atoms with E-state index in [0.29, 0.717) is 6.10 Å². The fourth-order valence-corrected chi connectivity index (χ4v) is 3.18. The van der Waals surface area contributed by atoms with Crippen molar-refractivity contribution in [2.24, 2.45) is 4.99 Å². The second-order valence-electron chi connectivity index (χ2n) is 6.72. The molecule has 2 N–H and O–H groups in total. The van der Waals surface area contributed by atoms with Crippen LogP contribution in [0.2, 0.25) is 0 Å². The number of hydrogen-bond acceptors (Lipinski definition) is 3. The number of hydrogen-bond donors (Lipinski definition) is 2. The molecule has 0 bridgehead atoms. The summed E-state index contributed by atoms with van der Waals surface area (Å²) in [6.07, 6.45) is 12.7. The summed E-state index contributed by atoms with van der Waals surface area (Å²) in [5.74, 6) is 0.895. The Bertz CT molecular complexity index is 512. The lowest BCUT2D eigenvalue weighted by Gasteiger charge is -2.21. The first kappa shape index (κ1) is 19.7. The molecule has 25 heavy (non-hydrogen) atoms. The van der Waals surface area contributed by atoms with Gasteiger partial charge in [0.15, 0.2) is 5.96 Å². The molecule has 0 atom stereocenters. The lowest BCUT2D eigenvalue weighted by Crippen LogP contribution is -2.38. The smallest absolute Gasteiger partial charge is 0.191 e. The quantitative estimate of drug-likeness (QED) is 0.409. The van der Waals surface area contributed by atoms with Gasteiger partial charge in [0.1, 0.15) is 0 Å². The first-order valence-corrected chi connectivity index (χ1v) is 9.83. The largest absolute Gasteiger partial charge is 0.378 e. The molecule has 1 heterocycles. The van der Waals surface area contributed by atoms with Crippen molar-refractivity contribution in [2.45, 2.75) is 64.9 Å². The van der Waals surface area contributed by atoms with E-state index in [1.807, 2.05) is 12.4 Å². The van der Waals surface area contributed by atoms with Crippen molar-refractivity contribution in [3.8, 4) is 0 Å². The Hall–Kier alpha value is -1.62. The molecule has 5 heteroatoms. The molecule has 0 aliphatic heterocycles. The molecule has 1 aromatic rings. The predicted molar refractivity (Wildman–Crippen MR) is 104 cm³/mol. The highest BCUT2D eigenvalue weighted by Gasteiger charge is 2.12. The Morgan fingerprint density at radius 3 is 2.88 bits per heavy atom. The number of aromatic nitrogens is 1. The fourth-order valence-electron chi connectivity index (χ4n) is 3.18. The van der Waals surface area contributed by atoms with Crippen LogP contribution in [0.1, 0.15) is 56.6 Å². The number of aryl methyl sites for hydroxylation is 1. The minimum atomic E-state index is 0.493. The molecule has 5 nitrogen and oxygen atoms in total. The third kappa shape index (κ3) is 7.86. The van der Waals surface area contributed by atoms with Crippen LogP contribution in [-0.4, -0.2) is 43.3 Å². The molecular weight excluding hydrogens is 312 g/mol. The van der Waals surface area contributed by atoms with Gasteiger partial charge in [0.05, 0.1) is 6.10 Å². The zero-order valence-electron chi connectivity index (χ0n) is 15.9. The summed E-state index contributed by atoms with van der Waals surface area (Å²) in [7, 11) is 0. The van der Waals surface area contributed by atoms with E-state index in [1.54, 1.807) is 0 Å². The summed E-state index contributed by atoms with van der Waals surface area (Å²) in [4.78, 5) is 8.79. The molecule has 2 rings (SSSR count). The van der Waals surface area contributed by atoms with E-state index in [-0.39, 0.29) is 0 Å². The SMILES string of the molecule is CCNC(=NCCCOC1CCCCC1)NCCc1ccncc1C. The molecule has 0 saturated heterocycles. The maximum absolute atomic E-state index is 5.96. The topological polar surface area (TPSA) is 58.5 Å². The Balaban J connectivity index is 1.64. The molecule has 1 aliphatic rings. The number of ether oxygens (including phenoxy) is 1. The second-order valence-corrected chi connectivity index (χ2v) is 6.72. The van der Waals surface area contributed by atoms with Gasteiger partial charge in [-0.05, 0) is 56.7 Å². The molecule has 0 radical (unpaired) electrons. The molecule has 1 saturated carbocycles. The third-order valence-electron chi connectivity index (χ3n) is 4.65.